The van der Waals surface area contributed by atoms with Crippen molar-refractivity contribution in [2.45, 2.75) is 19.8 Å². The summed E-state index contributed by atoms with van der Waals surface area (Å²) in [6, 6.07) is 5.83. The van der Waals surface area contributed by atoms with Gasteiger partial charge in [0.2, 0.25) is 5.91 Å². The van der Waals surface area contributed by atoms with Gasteiger partial charge >= 0.3 is 0 Å². The van der Waals surface area contributed by atoms with Crippen LogP contribution >= 0.6 is 0 Å². The zero-order valence-corrected chi connectivity index (χ0v) is 11.7. The fraction of sp³-hybridized carbons (Fsp3) is 0.533. The third kappa shape index (κ3) is 3.40. The first kappa shape index (κ1) is 13.7. The van der Waals surface area contributed by atoms with Crippen LogP contribution in [0.4, 0.5) is 0 Å². The maximum absolute atomic E-state index is 11.7. The summed E-state index contributed by atoms with van der Waals surface area (Å²) in [6.07, 6.45) is 1.83. The van der Waals surface area contributed by atoms with Crippen molar-refractivity contribution in [1.82, 2.24) is 5.32 Å². The fourth-order valence-electron chi connectivity index (χ4n) is 2.18. The van der Waals surface area contributed by atoms with Crippen LogP contribution in [0.15, 0.2) is 18.2 Å². The zero-order valence-electron chi connectivity index (χ0n) is 11.7. The van der Waals surface area contributed by atoms with Crippen LogP contribution in [0.1, 0.15) is 18.9 Å². The van der Waals surface area contributed by atoms with Crippen LogP contribution < -0.4 is 14.8 Å². The summed E-state index contributed by atoms with van der Waals surface area (Å²) in [4.78, 5) is 11.7. The number of amides is 1. The van der Waals surface area contributed by atoms with Crippen LogP contribution in [0.3, 0.4) is 0 Å². The van der Waals surface area contributed by atoms with E-state index >= 15 is 0 Å². The summed E-state index contributed by atoms with van der Waals surface area (Å²) in [7, 11) is 3.24. The predicted octanol–water partition coefficient (Wildman–Crippen LogP) is 2.02. The van der Waals surface area contributed by atoms with Crippen molar-refractivity contribution >= 4 is 5.91 Å². The molecule has 0 saturated heterocycles. The average Bonchev–Trinajstić information content (AvgIpc) is 3.15. The van der Waals surface area contributed by atoms with Crippen molar-refractivity contribution in [2.75, 3.05) is 20.8 Å². The third-order valence-corrected chi connectivity index (χ3v) is 3.61. The van der Waals surface area contributed by atoms with Gasteiger partial charge in [-0.25, -0.2) is 0 Å². The summed E-state index contributed by atoms with van der Waals surface area (Å²) in [5, 5.41) is 2.98. The van der Waals surface area contributed by atoms with Gasteiger partial charge in [0.1, 0.15) is 0 Å². The first-order valence-electron chi connectivity index (χ1n) is 6.64. The van der Waals surface area contributed by atoms with Gasteiger partial charge in [0.15, 0.2) is 11.5 Å². The van der Waals surface area contributed by atoms with E-state index in [1.807, 2.05) is 18.2 Å². The Labute approximate surface area is 114 Å². The molecule has 0 radical (unpaired) electrons. The van der Waals surface area contributed by atoms with Crippen LogP contribution in [0.2, 0.25) is 0 Å². The Morgan fingerprint density at radius 1 is 1.32 bits per heavy atom. The molecule has 1 saturated carbocycles. The summed E-state index contributed by atoms with van der Waals surface area (Å²) in [5.41, 5.74) is 1.13. The fourth-order valence-corrected chi connectivity index (χ4v) is 2.18. The van der Waals surface area contributed by atoms with E-state index in [1.54, 1.807) is 14.2 Å². The van der Waals surface area contributed by atoms with Crippen molar-refractivity contribution in [3.05, 3.63) is 23.8 Å². The van der Waals surface area contributed by atoms with E-state index in [0.29, 0.717) is 12.5 Å². The summed E-state index contributed by atoms with van der Waals surface area (Å²) in [5.74, 6) is 2.43. The molecule has 0 unspecified atom stereocenters. The number of nitrogens with one attached hydrogen (secondary N) is 1. The number of carbonyl (C=O) groups excluding carboxylic acids is 1. The van der Waals surface area contributed by atoms with Crippen molar-refractivity contribution < 1.29 is 14.3 Å². The standard InChI is InChI=1S/C15H21NO3/c1-10-8-12(10)15(17)16-7-6-11-4-5-13(18-2)14(9-11)19-3/h4-5,9-10,12H,6-8H2,1-3H3,(H,16,17)/t10-,12+/m0/s1. The number of ether oxygens (including phenoxy) is 2. The Hall–Kier alpha value is -1.71. The molecule has 104 valence electrons. The molecule has 1 N–H and O–H groups in total. The van der Waals surface area contributed by atoms with E-state index < -0.39 is 0 Å². The lowest BCUT2D eigenvalue weighted by atomic mass is 10.1. The van der Waals surface area contributed by atoms with Gasteiger partial charge in [-0.15, -0.1) is 0 Å². The van der Waals surface area contributed by atoms with E-state index in [9.17, 15) is 4.79 Å². The SMILES string of the molecule is COc1ccc(CCNC(=O)[C@@H]2C[C@@H]2C)cc1OC. The van der Waals surface area contributed by atoms with E-state index in [0.717, 1.165) is 29.9 Å². The largest absolute Gasteiger partial charge is 0.493 e. The Morgan fingerprint density at radius 2 is 2.00 bits per heavy atom. The van der Waals surface area contributed by atoms with Crippen LogP contribution in [0.5, 0.6) is 11.5 Å². The third-order valence-electron chi connectivity index (χ3n) is 3.61. The van der Waals surface area contributed by atoms with Crippen molar-refractivity contribution in [3.63, 3.8) is 0 Å². The first-order valence-corrected chi connectivity index (χ1v) is 6.64. The lowest BCUT2D eigenvalue weighted by molar-refractivity contribution is -0.122. The molecule has 1 fully saturated rings. The van der Waals surface area contributed by atoms with Gasteiger partial charge in [-0.2, -0.15) is 0 Å². The second-order valence-electron chi connectivity index (χ2n) is 5.05. The highest BCUT2D eigenvalue weighted by Gasteiger charge is 2.38. The van der Waals surface area contributed by atoms with Gasteiger partial charge in [-0.1, -0.05) is 13.0 Å². The van der Waals surface area contributed by atoms with Gasteiger partial charge in [0.05, 0.1) is 14.2 Å². The Balaban J connectivity index is 1.84. The maximum atomic E-state index is 11.7. The number of benzene rings is 1. The van der Waals surface area contributed by atoms with Crippen molar-refractivity contribution in [1.29, 1.82) is 0 Å². The van der Waals surface area contributed by atoms with Gasteiger partial charge in [-0.3, -0.25) is 4.79 Å². The quantitative estimate of drug-likeness (QED) is 0.854. The monoisotopic (exact) mass is 263 g/mol. The molecule has 19 heavy (non-hydrogen) atoms. The van der Waals surface area contributed by atoms with Crippen LogP contribution in [0, 0.1) is 11.8 Å². The zero-order chi connectivity index (χ0) is 13.8. The van der Waals surface area contributed by atoms with E-state index in [-0.39, 0.29) is 11.8 Å². The second-order valence-corrected chi connectivity index (χ2v) is 5.05. The summed E-state index contributed by atoms with van der Waals surface area (Å²) < 4.78 is 10.4. The molecule has 2 atom stereocenters. The topological polar surface area (TPSA) is 47.6 Å². The van der Waals surface area contributed by atoms with Gasteiger partial charge in [-0.05, 0) is 36.5 Å². The number of rotatable bonds is 6. The lowest BCUT2D eigenvalue weighted by Gasteiger charge is -2.10. The van der Waals surface area contributed by atoms with Gasteiger partial charge < -0.3 is 14.8 Å². The van der Waals surface area contributed by atoms with Gasteiger partial charge in [0, 0.05) is 12.5 Å². The van der Waals surface area contributed by atoms with Crippen molar-refractivity contribution in [3.8, 4) is 11.5 Å². The number of carbonyl (C=O) groups is 1. The normalized spacial score (nSPS) is 20.8. The minimum atomic E-state index is 0.188. The van der Waals surface area contributed by atoms with Gasteiger partial charge in [0.25, 0.3) is 0 Å². The number of hydrogen-bond acceptors (Lipinski definition) is 3. The number of methoxy groups -OCH3 is 2. The first-order chi connectivity index (χ1) is 9.15. The molecule has 1 amide bonds. The lowest BCUT2D eigenvalue weighted by Crippen LogP contribution is -2.27. The predicted molar refractivity (Wildman–Crippen MR) is 73.5 cm³/mol. The molecule has 4 heteroatoms. The van der Waals surface area contributed by atoms with E-state index in [2.05, 4.69) is 12.2 Å². The molecule has 4 nitrogen and oxygen atoms in total. The highest BCUT2D eigenvalue weighted by Crippen LogP contribution is 2.37. The molecule has 1 aromatic carbocycles. The van der Waals surface area contributed by atoms with Crippen molar-refractivity contribution in [2.24, 2.45) is 11.8 Å². The molecule has 1 aromatic rings. The number of hydrogen-bond donors (Lipinski definition) is 1. The molecule has 1 aliphatic rings. The minimum absolute atomic E-state index is 0.188. The highest BCUT2D eigenvalue weighted by atomic mass is 16.5. The molecule has 2 rings (SSSR count). The Bertz CT molecular complexity index is 459. The highest BCUT2D eigenvalue weighted by molar-refractivity contribution is 5.81. The molecule has 0 heterocycles. The summed E-state index contributed by atoms with van der Waals surface area (Å²) >= 11 is 0. The molecule has 0 bridgehead atoms. The Kier molecular flexibility index (Phi) is 4.30. The van der Waals surface area contributed by atoms with E-state index in [1.165, 1.54) is 0 Å². The van der Waals surface area contributed by atoms with Crippen LogP contribution in [0.25, 0.3) is 0 Å². The minimum Gasteiger partial charge on any atom is -0.493 e. The molecule has 1 aliphatic carbocycles. The van der Waals surface area contributed by atoms with E-state index in [4.69, 9.17) is 9.47 Å². The molecule has 0 aromatic heterocycles. The second kappa shape index (κ2) is 5.95. The molecule has 0 aliphatic heterocycles. The summed E-state index contributed by atoms with van der Waals surface area (Å²) in [6.45, 7) is 2.77. The Morgan fingerprint density at radius 3 is 2.58 bits per heavy atom. The van der Waals surface area contributed by atoms with Crippen LogP contribution in [-0.2, 0) is 11.2 Å². The smallest absolute Gasteiger partial charge is 0.223 e. The maximum Gasteiger partial charge on any atom is 0.223 e. The molecule has 0 spiro atoms. The van der Waals surface area contributed by atoms with Crippen LogP contribution in [-0.4, -0.2) is 26.7 Å². The molecular weight excluding hydrogens is 242 g/mol. The molecular formula is C15H21NO3. The average molecular weight is 263 g/mol.